The molecule has 0 aliphatic heterocycles. The van der Waals surface area contributed by atoms with E-state index >= 15 is 0 Å². The van der Waals surface area contributed by atoms with Gasteiger partial charge >= 0.3 is 0 Å². The fourth-order valence-electron chi connectivity index (χ4n) is 0. The van der Waals surface area contributed by atoms with Gasteiger partial charge in [0, 0.05) is 0 Å². The summed E-state index contributed by atoms with van der Waals surface area (Å²) in [5.74, 6) is 0. The van der Waals surface area contributed by atoms with Crippen molar-refractivity contribution in [3.63, 3.8) is 0 Å². The standard InChI is InChI=1S/C2H5NO2S/c1-3-6(2,4)5/h1,3H,2H3. The molecule has 0 aromatic rings. The minimum atomic E-state index is -3.13. The highest BCUT2D eigenvalue weighted by molar-refractivity contribution is 7.88. The minimum Gasteiger partial charge on any atom is -0.213 e. The van der Waals surface area contributed by atoms with Gasteiger partial charge in [0.1, 0.15) is 0 Å². The van der Waals surface area contributed by atoms with Gasteiger partial charge in [-0.25, -0.2) is 13.1 Å². The lowest BCUT2D eigenvalue weighted by atomic mass is 11.6. The molecular weight excluding hydrogens is 102 g/mol. The molecule has 36 valence electrons. The monoisotopic (exact) mass is 107 g/mol. The van der Waals surface area contributed by atoms with Crippen molar-refractivity contribution in [2.24, 2.45) is 0 Å². The first-order valence-electron chi connectivity index (χ1n) is 1.23. The quantitative estimate of drug-likeness (QED) is 0.446. The Morgan fingerprint density at radius 2 is 1.83 bits per heavy atom. The van der Waals surface area contributed by atoms with Crippen molar-refractivity contribution in [3.8, 4) is 0 Å². The van der Waals surface area contributed by atoms with E-state index in [4.69, 9.17) is 0 Å². The third kappa shape index (κ3) is 3.91. The molecule has 0 aliphatic carbocycles. The molecule has 0 spiro atoms. The second-order valence-corrected chi connectivity index (χ2v) is 2.67. The largest absolute Gasteiger partial charge is 0.213 e. The minimum absolute atomic E-state index is 0.979. The lowest BCUT2D eigenvalue weighted by Crippen LogP contribution is -2.12. The Kier molecular flexibility index (Phi) is 1.55. The molecule has 0 heterocycles. The molecule has 0 aliphatic rings. The topological polar surface area (TPSA) is 46.2 Å². The normalized spacial score (nSPS) is 11.7. The van der Waals surface area contributed by atoms with E-state index in [0.717, 1.165) is 6.26 Å². The van der Waals surface area contributed by atoms with Crippen LogP contribution in [-0.4, -0.2) is 14.7 Å². The van der Waals surface area contributed by atoms with Gasteiger partial charge in [-0.05, 0) is 0 Å². The molecule has 6 heavy (non-hydrogen) atoms. The van der Waals surface area contributed by atoms with Crippen LogP contribution in [0.15, 0.2) is 0 Å². The Hall–Kier alpha value is -0.0900. The van der Waals surface area contributed by atoms with Crippen LogP contribution in [0.4, 0.5) is 0 Å². The van der Waals surface area contributed by atoms with Crippen molar-refractivity contribution in [1.29, 1.82) is 0 Å². The number of sulfonamides is 1. The highest BCUT2D eigenvalue weighted by atomic mass is 32.2. The highest BCUT2D eigenvalue weighted by Gasteiger charge is 1.88. The zero-order valence-electron chi connectivity index (χ0n) is 3.30. The molecule has 3 nitrogen and oxygen atoms in total. The third-order valence-corrected chi connectivity index (χ3v) is 0.642. The Bertz CT molecular complexity index is 114. The number of hydrogen-bond acceptors (Lipinski definition) is 2. The van der Waals surface area contributed by atoms with Gasteiger partial charge in [-0.3, -0.25) is 0 Å². The predicted molar refractivity (Wildman–Crippen MR) is 22.3 cm³/mol. The molecule has 0 saturated carbocycles. The molecular formula is C2H5NO2S. The maximum atomic E-state index is 9.76. The summed E-state index contributed by atoms with van der Waals surface area (Å²) < 4.78 is 21.1. The molecule has 0 bridgehead atoms. The van der Waals surface area contributed by atoms with E-state index in [1.807, 2.05) is 0 Å². The summed E-state index contributed by atoms with van der Waals surface area (Å²) >= 11 is 0. The second kappa shape index (κ2) is 1.57. The summed E-state index contributed by atoms with van der Waals surface area (Å²) in [6.45, 7) is 0. The fraction of sp³-hybridized carbons (Fsp3) is 0.500. The van der Waals surface area contributed by atoms with Gasteiger partial charge in [-0.1, -0.05) is 0 Å². The van der Waals surface area contributed by atoms with E-state index in [9.17, 15) is 8.42 Å². The van der Waals surface area contributed by atoms with Gasteiger partial charge in [0.15, 0.2) is 0 Å². The summed E-state index contributed by atoms with van der Waals surface area (Å²) in [6, 6.07) is 0. The summed E-state index contributed by atoms with van der Waals surface area (Å²) in [7, 11) is 1.33. The van der Waals surface area contributed by atoms with Crippen LogP contribution in [0.2, 0.25) is 0 Å². The van der Waals surface area contributed by atoms with Crippen LogP contribution < -0.4 is 4.72 Å². The number of hydrogen-bond donors (Lipinski definition) is 1. The van der Waals surface area contributed by atoms with Crippen molar-refractivity contribution in [2.75, 3.05) is 6.26 Å². The number of nitrogens with one attached hydrogen (secondary N) is 1. The van der Waals surface area contributed by atoms with E-state index in [2.05, 4.69) is 7.05 Å². The van der Waals surface area contributed by atoms with Crippen LogP contribution in [0.3, 0.4) is 0 Å². The summed E-state index contributed by atoms with van der Waals surface area (Å²) in [5.41, 5.74) is 0. The van der Waals surface area contributed by atoms with Crippen LogP contribution in [-0.2, 0) is 10.0 Å². The summed E-state index contributed by atoms with van der Waals surface area (Å²) in [5, 5.41) is 0. The SMILES string of the molecule is [CH]NS(C)(=O)=O. The van der Waals surface area contributed by atoms with Gasteiger partial charge in [0.2, 0.25) is 10.0 Å². The van der Waals surface area contributed by atoms with Gasteiger partial charge in [-0.15, -0.1) is 0 Å². The summed E-state index contributed by atoms with van der Waals surface area (Å²) in [4.78, 5) is 0. The average Bonchev–Trinajstić information content (AvgIpc) is 1.35. The van der Waals surface area contributed by atoms with Crippen LogP contribution in [0.5, 0.6) is 0 Å². The molecule has 0 aromatic carbocycles. The highest BCUT2D eigenvalue weighted by Crippen LogP contribution is 1.64. The Morgan fingerprint density at radius 3 is 1.83 bits per heavy atom. The lowest BCUT2D eigenvalue weighted by molar-refractivity contribution is 0.596. The molecule has 0 fully saturated rings. The van der Waals surface area contributed by atoms with Crippen LogP contribution in [0, 0.1) is 7.05 Å². The molecule has 0 rings (SSSR count). The van der Waals surface area contributed by atoms with E-state index < -0.39 is 10.0 Å². The second-order valence-electron chi connectivity index (χ2n) is 0.890. The molecule has 4 heteroatoms. The van der Waals surface area contributed by atoms with Crippen molar-refractivity contribution in [2.45, 2.75) is 0 Å². The summed E-state index contributed by atoms with van der Waals surface area (Å²) in [6.07, 6.45) is 0.979. The maximum Gasteiger partial charge on any atom is 0.209 e. The van der Waals surface area contributed by atoms with Gasteiger partial charge in [0.05, 0.1) is 13.3 Å². The first kappa shape index (κ1) is 5.91. The first-order chi connectivity index (χ1) is 2.56. The van der Waals surface area contributed by atoms with Crippen LogP contribution >= 0.6 is 0 Å². The predicted octanol–water partition coefficient (Wildman–Crippen LogP) is -0.796. The van der Waals surface area contributed by atoms with Crippen molar-refractivity contribution < 1.29 is 8.42 Å². The van der Waals surface area contributed by atoms with E-state index in [0.29, 0.717) is 0 Å². The Morgan fingerprint density at radius 1 is 1.67 bits per heavy atom. The van der Waals surface area contributed by atoms with Crippen molar-refractivity contribution in [1.82, 2.24) is 4.72 Å². The van der Waals surface area contributed by atoms with E-state index in [1.54, 1.807) is 4.72 Å². The molecule has 0 saturated heterocycles. The van der Waals surface area contributed by atoms with Crippen molar-refractivity contribution >= 4 is 10.0 Å². The maximum absolute atomic E-state index is 9.76. The third-order valence-electron chi connectivity index (χ3n) is 0.214. The van der Waals surface area contributed by atoms with Gasteiger partial charge < -0.3 is 0 Å². The smallest absolute Gasteiger partial charge is 0.209 e. The molecule has 0 aromatic heterocycles. The molecule has 0 atom stereocenters. The molecule has 1 N–H and O–H groups in total. The van der Waals surface area contributed by atoms with Crippen LogP contribution in [0.25, 0.3) is 0 Å². The van der Waals surface area contributed by atoms with Crippen molar-refractivity contribution in [3.05, 3.63) is 7.05 Å². The zero-order valence-corrected chi connectivity index (χ0v) is 4.12. The zero-order chi connectivity index (χ0) is 5.21. The number of rotatable bonds is 1. The molecule has 0 unspecified atom stereocenters. The van der Waals surface area contributed by atoms with Crippen LogP contribution in [0.1, 0.15) is 0 Å². The Balaban J connectivity index is 3.85. The fourth-order valence-corrected chi connectivity index (χ4v) is 0. The molecule has 2 radical (unpaired) electrons. The Labute approximate surface area is 37.4 Å². The van der Waals surface area contributed by atoms with Gasteiger partial charge in [-0.2, -0.15) is 0 Å². The van der Waals surface area contributed by atoms with Gasteiger partial charge in [0.25, 0.3) is 0 Å². The molecule has 0 amide bonds. The lowest BCUT2D eigenvalue weighted by Gasteiger charge is -1.84. The van der Waals surface area contributed by atoms with E-state index in [-0.39, 0.29) is 0 Å². The first-order valence-corrected chi connectivity index (χ1v) is 3.13. The average molecular weight is 107 g/mol. The van der Waals surface area contributed by atoms with E-state index in [1.165, 1.54) is 0 Å².